The van der Waals surface area contributed by atoms with Gasteiger partial charge in [0.05, 0.1) is 18.8 Å². The second-order valence-corrected chi connectivity index (χ2v) is 9.24. The molecule has 0 bridgehead atoms. The molecule has 0 aromatic heterocycles. The lowest BCUT2D eigenvalue weighted by Gasteiger charge is -2.25. The summed E-state index contributed by atoms with van der Waals surface area (Å²) in [5.74, 6) is 0.699. The second kappa shape index (κ2) is 7.61. The van der Waals surface area contributed by atoms with Crippen LogP contribution in [0.15, 0.2) is 36.4 Å². The molecule has 2 aromatic carbocycles. The molecule has 0 aliphatic carbocycles. The van der Waals surface area contributed by atoms with Gasteiger partial charge in [0.25, 0.3) is 10.1 Å². The predicted octanol–water partition coefficient (Wildman–Crippen LogP) is 2.19. The predicted molar refractivity (Wildman–Crippen MR) is 105 cm³/mol. The van der Waals surface area contributed by atoms with Crippen LogP contribution in [0.4, 0.5) is 0 Å². The first-order valence-corrected chi connectivity index (χ1v) is 11.5. The Bertz CT molecular complexity index is 1130. The molecule has 3 atom stereocenters. The SMILES string of the molecule is CS(=O)(=O)OC(c1ccc2c(c1)OCO2)[C@H]1C(=O)OC[C@@H]1Cc1ccc2c(c1)OCO2. The lowest BCUT2D eigenvalue weighted by molar-refractivity contribution is -0.143. The Morgan fingerprint density at radius 3 is 2.29 bits per heavy atom. The monoisotopic (exact) mass is 448 g/mol. The molecule has 0 saturated carbocycles. The molecule has 0 spiro atoms. The lowest BCUT2D eigenvalue weighted by Crippen LogP contribution is -2.29. The number of hydrogen-bond acceptors (Lipinski definition) is 9. The molecule has 0 radical (unpaired) electrons. The molecule has 0 amide bonds. The van der Waals surface area contributed by atoms with Crippen LogP contribution in [0, 0.1) is 11.8 Å². The van der Waals surface area contributed by atoms with E-state index in [0.29, 0.717) is 35.0 Å². The molecular formula is C21H20O9S. The van der Waals surface area contributed by atoms with Gasteiger partial charge in [-0.2, -0.15) is 8.42 Å². The zero-order valence-corrected chi connectivity index (χ0v) is 17.4. The third kappa shape index (κ3) is 4.00. The van der Waals surface area contributed by atoms with Crippen LogP contribution < -0.4 is 18.9 Å². The molecule has 1 saturated heterocycles. The van der Waals surface area contributed by atoms with Crippen LogP contribution in [0.3, 0.4) is 0 Å². The highest BCUT2D eigenvalue weighted by Crippen LogP contribution is 2.43. The number of carbonyl (C=O) groups is 1. The number of esters is 1. The summed E-state index contributed by atoms with van der Waals surface area (Å²) in [6.07, 6.45) is 0.375. The minimum atomic E-state index is -3.87. The third-order valence-electron chi connectivity index (χ3n) is 5.48. The standard InChI is InChI=1S/C21H20O9S/c1-31(23,24)30-20(13-3-5-16-18(8-13)29-11-27-16)19-14(9-25-21(19)22)6-12-2-4-15-17(7-12)28-10-26-15/h2-5,7-8,14,19-20H,6,9-11H2,1H3/t14-,19-,20?/m0/s1. The molecule has 0 N–H and O–H groups in total. The highest BCUT2D eigenvalue weighted by molar-refractivity contribution is 7.86. The molecule has 9 nitrogen and oxygen atoms in total. The Labute approximate surface area is 178 Å². The molecule has 3 aliphatic rings. The minimum Gasteiger partial charge on any atom is -0.465 e. The van der Waals surface area contributed by atoms with Crippen LogP contribution in [0.2, 0.25) is 0 Å². The summed E-state index contributed by atoms with van der Waals surface area (Å²) in [5.41, 5.74) is 1.41. The lowest BCUT2D eigenvalue weighted by atomic mass is 9.83. The van der Waals surface area contributed by atoms with Gasteiger partial charge in [0.2, 0.25) is 13.6 Å². The van der Waals surface area contributed by atoms with Gasteiger partial charge in [0, 0.05) is 5.92 Å². The first kappa shape index (κ1) is 20.0. The summed E-state index contributed by atoms with van der Waals surface area (Å²) < 4.78 is 56.3. The van der Waals surface area contributed by atoms with Gasteiger partial charge >= 0.3 is 5.97 Å². The maximum atomic E-state index is 12.7. The topological polar surface area (TPSA) is 107 Å². The molecule has 5 rings (SSSR count). The Kier molecular flexibility index (Phi) is 4.90. The van der Waals surface area contributed by atoms with E-state index in [1.54, 1.807) is 18.2 Å². The van der Waals surface area contributed by atoms with E-state index in [0.717, 1.165) is 11.8 Å². The van der Waals surface area contributed by atoms with Crippen molar-refractivity contribution in [1.29, 1.82) is 0 Å². The molecule has 10 heteroatoms. The summed E-state index contributed by atoms with van der Waals surface area (Å²) >= 11 is 0. The number of fused-ring (bicyclic) bond motifs is 2. The molecule has 164 valence electrons. The van der Waals surface area contributed by atoms with Crippen LogP contribution in [0.5, 0.6) is 23.0 Å². The van der Waals surface area contributed by atoms with Crippen molar-refractivity contribution in [3.63, 3.8) is 0 Å². The molecule has 2 aromatic rings. The van der Waals surface area contributed by atoms with E-state index in [9.17, 15) is 13.2 Å². The highest BCUT2D eigenvalue weighted by atomic mass is 32.2. The van der Waals surface area contributed by atoms with Gasteiger partial charge in [-0.1, -0.05) is 12.1 Å². The maximum Gasteiger partial charge on any atom is 0.312 e. The Morgan fingerprint density at radius 1 is 0.935 bits per heavy atom. The maximum absolute atomic E-state index is 12.7. The van der Waals surface area contributed by atoms with Gasteiger partial charge in [0.1, 0.15) is 6.10 Å². The zero-order chi connectivity index (χ0) is 21.6. The zero-order valence-electron chi connectivity index (χ0n) is 16.6. The van der Waals surface area contributed by atoms with Crippen LogP contribution in [-0.2, 0) is 30.3 Å². The van der Waals surface area contributed by atoms with E-state index in [2.05, 4.69) is 0 Å². The van der Waals surface area contributed by atoms with E-state index in [1.807, 2.05) is 18.2 Å². The van der Waals surface area contributed by atoms with E-state index in [4.69, 9.17) is 27.9 Å². The van der Waals surface area contributed by atoms with Gasteiger partial charge in [-0.05, 0) is 41.8 Å². The van der Waals surface area contributed by atoms with E-state index in [-0.39, 0.29) is 26.1 Å². The molecule has 1 unspecified atom stereocenters. The van der Waals surface area contributed by atoms with E-state index >= 15 is 0 Å². The number of ether oxygens (including phenoxy) is 5. The van der Waals surface area contributed by atoms with Crippen molar-refractivity contribution in [2.45, 2.75) is 12.5 Å². The first-order chi connectivity index (χ1) is 14.9. The first-order valence-electron chi connectivity index (χ1n) is 9.70. The van der Waals surface area contributed by atoms with Crippen molar-refractivity contribution in [2.24, 2.45) is 11.8 Å². The second-order valence-electron chi connectivity index (χ2n) is 7.64. The summed E-state index contributed by atoms with van der Waals surface area (Å²) in [4.78, 5) is 12.7. The smallest absolute Gasteiger partial charge is 0.312 e. The van der Waals surface area contributed by atoms with Crippen molar-refractivity contribution in [3.05, 3.63) is 47.5 Å². The van der Waals surface area contributed by atoms with Gasteiger partial charge in [-0.15, -0.1) is 0 Å². The van der Waals surface area contributed by atoms with Crippen LogP contribution in [0.1, 0.15) is 17.2 Å². The van der Waals surface area contributed by atoms with Crippen molar-refractivity contribution in [3.8, 4) is 23.0 Å². The highest BCUT2D eigenvalue weighted by Gasteiger charge is 2.45. The number of cyclic esters (lactones) is 1. The Morgan fingerprint density at radius 2 is 1.58 bits per heavy atom. The van der Waals surface area contributed by atoms with Gasteiger partial charge in [0.15, 0.2) is 23.0 Å². The van der Waals surface area contributed by atoms with Gasteiger partial charge < -0.3 is 23.7 Å². The van der Waals surface area contributed by atoms with E-state index < -0.39 is 28.1 Å². The van der Waals surface area contributed by atoms with Crippen molar-refractivity contribution in [1.82, 2.24) is 0 Å². The molecule has 1 fully saturated rings. The summed E-state index contributed by atoms with van der Waals surface area (Å²) in [6.45, 7) is 0.404. The fourth-order valence-corrected chi connectivity index (χ4v) is 4.72. The van der Waals surface area contributed by atoms with Crippen molar-refractivity contribution >= 4 is 16.1 Å². The third-order valence-corrected chi connectivity index (χ3v) is 6.04. The summed E-state index contributed by atoms with van der Waals surface area (Å²) in [6, 6.07) is 10.5. The molecule has 31 heavy (non-hydrogen) atoms. The van der Waals surface area contributed by atoms with Gasteiger partial charge in [-0.25, -0.2) is 0 Å². The summed E-state index contributed by atoms with van der Waals surface area (Å²) in [7, 11) is -3.87. The fraction of sp³-hybridized carbons (Fsp3) is 0.381. The quantitative estimate of drug-likeness (QED) is 0.485. The fourth-order valence-electron chi connectivity index (χ4n) is 4.11. The average Bonchev–Trinajstić information content (AvgIpc) is 3.45. The number of hydrogen-bond donors (Lipinski definition) is 0. The largest absolute Gasteiger partial charge is 0.465 e. The average molecular weight is 448 g/mol. The molecular weight excluding hydrogens is 428 g/mol. The number of rotatable bonds is 6. The Balaban J connectivity index is 1.46. The molecule has 3 aliphatic heterocycles. The normalized spacial score (nSPS) is 22.4. The van der Waals surface area contributed by atoms with Crippen LogP contribution >= 0.6 is 0 Å². The van der Waals surface area contributed by atoms with Crippen molar-refractivity contribution < 1.29 is 41.1 Å². The summed E-state index contributed by atoms with van der Waals surface area (Å²) in [5, 5.41) is 0. The van der Waals surface area contributed by atoms with Gasteiger partial charge in [-0.3, -0.25) is 8.98 Å². The van der Waals surface area contributed by atoms with Crippen molar-refractivity contribution in [2.75, 3.05) is 26.4 Å². The van der Waals surface area contributed by atoms with Crippen LogP contribution in [-0.4, -0.2) is 40.8 Å². The Hall–Kier alpha value is -2.98. The minimum absolute atomic E-state index is 0.0780. The molecule has 3 heterocycles. The number of carbonyl (C=O) groups excluding carboxylic acids is 1. The number of benzene rings is 2. The van der Waals surface area contributed by atoms with E-state index in [1.165, 1.54) is 0 Å². The van der Waals surface area contributed by atoms with Crippen LogP contribution in [0.25, 0.3) is 0 Å².